The summed E-state index contributed by atoms with van der Waals surface area (Å²) in [5.74, 6) is -0.747. The second kappa shape index (κ2) is 7.49. The molecule has 1 amide bonds. The number of aromatic nitrogens is 3. The largest absolute Gasteiger partial charge is 0.494 e. The molecule has 0 bridgehead atoms. The van der Waals surface area contributed by atoms with Crippen LogP contribution in [0.2, 0.25) is 0 Å². The summed E-state index contributed by atoms with van der Waals surface area (Å²) in [5, 5.41) is 6.98. The predicted molar refractivity (Wildman–Crippen MR) is 107 cm³/mol. The summed E-state index contributed by atoms with van der Waals surface area (Å²) in [6, 6.07) is 6.21. The van der Waals surface area contributed by atoms with Crippen LogP contribution in [0.3, 0.4) is 0 Å². The Labute approximate surface area is 166 Å². The fourth-order valence-corrected chi connectivity index (χ4v) is 4.07. The second-order valence-electron chi connectivity index (χ2n) is 5.75. The maximum atomic E-state index is 13.9. The van der Waals surface area contributed by atoms with Gasteiger partial charge in [0.2, 0.25) is 5.91 Å². The minimum Gasteiger partial charge on any atom is -0.494 e. The van der Waals surface area contributed by atoms with Gasteiger partial charge in [-0.1, -0.05) is 0 Å². The van der Waals surface area contributed by atoms with E-state index in [4.69, 9.17) is 4.74 Å². The van der Waals surface area contributed by atoms with Gasteiger partial charge >= 0.3 is 0 Å². The van der Waals surface area contributed by atoms with E-state index in [-0.39, 0.29) is 17.9 Å². The molecule has 7 nitrogen and oxygen atoms in total. The smallest absolute Gasteiger partial charge is 0.262 e. The molecule has 0 saturated carbocycles. The van der Waals surface area contributed by atoms with Gasteiger partial charge in [-0.3, -0.25) is 14.2 Å². The van der Waals surface area contributed by atoms with E-state index in [0.717, 1.165) is 0 Å². The normalized spacial score (nSPS) is 10.9. The predicted octanol–water partition coefficient (Wildman–Crippen LogP) is 3.37. The number of anilines is 1. The highest BCUT2D eigenvalue weighted by Crippen LogP contribution is 2.28. The van der Waals surface area contributed by atoms with Crippen LogP contribution in [0.25, 0.3) is 21.5 Å². The van der Waals surface area contributed by atoms with Crippen molar-refractivity contribution in [1.29, 1.82) is 0 Å². The highest BCUT2D eigenvalue weighted by molar-refractivity contribution is 7.16. The summed E-state index contributed by atoms with van der Waals surface area (Å²) in [5.41, 5.74) is 0.827. The maximum Gasteiger partial charge on any atom is 0.262 e. The number of benzene rings is 1. The summed E-state index contributed by atoms with van der Waals surface area (Å²) in [6.07, 6.45) is 1.36. The van der Waals surface area contributed by atoms with Crippen LogP contribution in [0.15, 0.2) is 46.1 Å². The topological polar surface area (TPSA) is 86.1 Å². The van der Waals surface area contributed by atoms with Gasteiger partial charge in [0.05, 0.1) is 24.5 Å². The fourth-order valence-electron chi connectivity index (χ4n) is 2.61. The lowest BCUT2D eigenvalue weighted by molar-refractivity contribution is -0.116. The molecule has 0 unspecified atom stereocenters. The van der Waals surface area contributed by atoms with Crippen molar-refractivity contribution in [2.24, 2.45) is 0 Å². The number of amides is 1. The average molecular weight is 416 g/mol. The number of halogens is 1. The number of thiazole rings is 1. The van der Waals surface area contributed by atoms with Gasteiger partial charge in [-0.2, -0.15) is 0 Å². The maximum absolute atomic E-state index is 13.9. The molecule has 3 aromatic heterocycles. The molecule has 0 atom stereocenters. The zero-order chi connectivity index (χ0) is 19.7. The van der Waals surface area contributed by atoms with Crippen molar-refractivity contribution in [1.82, 2.24) is 14.5 Å². The van der Waals surface area contributed by atoms with Crippen molar-refractivity contribution in [3.63, 3.8) is 0 Å². The Kier molecular flexibility index (Phi) is 4.88. The Hall–Kier alpha value is -3.11. The molecule has 142 valence electrons. The van der Waals surface area contributed by atoms with Gasteiger partial charge in [0.25, 0.3) is 5.56 Å². The summed E-state index contributed by atoms with van der Waals surface area (Å²) < 4.78 is 20.0. The molecule has 28 heavy (non-hydrogen) atoms. The first-order valence-corrected chi connectivity index (χ1v) is 9.83. The molecule has 0 radical (unpaired) electrons. The molecule has 0 aliphatic carbocycles. The van der Waals surface area contributed by atoms with Crippen molar-refractivity contribution in [3.05, 3.63) is 57.5 Å². The number of carbonyl (C=O) groups is 1. The Morgan fingerprint density at radius 1 is 1.32 bits per heavy atom. The standard InChI is InChI=1S/C18H13FN4O3S2/c1-26-14-3-2-10(6-12(14)19)13-8-28-18(21-13)22-15(24)7-23-9-20-16-11(17(23)25)4-5-27-16/h2-6,8-9H,7H2,1H3,(H,21,22,24). The number of carbonyl (C=O) groups excluding carboxylic acids is 1. The number of nitrogens with zero attached hydrogens (tertiary/aromatic N) is 3. The number of methoxy groups -OCH3 is 1. The van der Waals surface area contributed by atoms with Crippen LogP contribution in [0.1, 0.15) is 0 Å². The van der Waals surface area contributed by atoms with Crippen LogP contribution >= 0.6 is 22.7 Å². The minimum atomic E-state index is -0.491. The van der Waals surface area contributed by atoms with E-state index >= 15 is 0 Å². The summed E-state index contributed by atoms with van der Waals surface area (Å²) in [6.45, 7) is -0.177. The van der Waals surface area contributed by atoms with E-state index in [9.17, 15) is 14.0 Å². The van der Waals surface area contributed by atoms with Gasteiger partial charge in [0.1, 0.15) is 11.4 Å². The van der Waals surface area contributed by atoms with Gasteiger partial charge in [-0.25, -0.2) is 14.4 Å². The molecule has 1 aromatic carbocycles. The Morgan fingerprint density at radius 3 is 2.96 bits per heavy atom. The first kappa shape index (κ1) is 18.3. The lowest BCUT2D eigenvalue weighted by Gasteiger charge is -2.05. The number of ether oxygens (including phenoxy) is 1. The summed E-state index contributed by atoms with van der Waals surface area (Å²) in [7, 11) is 1.39. The van der Waals surface area contributed by atoms with Crippen molar-refractivity contribution in [2.45, 2.75) is 6.54 Å². The number of fused-ring (bicyclic) bond motifs is 1. The molecule has 0 saturated heterocycles. The molecule has 0 fully saturated rings. The molecule has 0 aliphatic heterocycles. The molecule has 3 heterocycles. The van der Waals surface area contributed by atoms with Crippen molar-refractivity contribution < 1.29 is 13.9 Å². The van der Waals surface area contributed by atoms with Gasteiger partial charge in [0, 0.05) is 10.9 Å². The van der Waals surface area contributed by atoms with Crippen molar-refractivity contribution >= 4 is 43.9 Å². The third-order valence-corrected chi connectivity index (χ3v) is 5.54. The zero-order valence-electron chi connectivity index (χ0n) is 14.5. The monoisotopic (exact) mass is 416 g/mol. The van der Waals surface area contributed by atoms with Crippen LogP contribution in [-0.4, -0.2) is 27.6 Å². The lowest BCUT2D eigenvalue weighted by atomic mass is 10.1. The van der Waals surface area contributed by atoms with Crippen LogP contribution in [-0.2, 0) is 11.3 Å². The van der Waals surface area contributed by atoms with E-state index in [0.29, 0.717) is 26.6 Å². The fraction of sp³-hybridized carbons (Fsp3) is 0.111. The van der Waals surface area contributed by atoms with Crippen molar-refractivity contribution in [2.75, 3.05) is 12.4 Å². The van der Waals surface area contributed by atoms with E-state index in [1.165, 1.54) is 52.8 Å². The zero-order valence-corrected chi connectivity index (χ0v) is 16.1. The molecule has 10 heteroatoms. The minimum absolute atomic E-state index is 0.147. The van der Waals surface area contributed by atoms with Crippen LogP contribution in [0.5, 0.6) is 5.75 Å². The Morgan fingerprint density at radius 2 is 2.18 bits per heavy atom. The first-order valence-electron chi connectivity index (χ1n) is 8.07. The van der Waals surface area contributed by atoms with Crippen LogP contribution < -0.4 is 15.6 Å². The molecular formula is C18H13FN4O3S2. The third-order valence-electron chi connectivity index (χ3n) is 3.96. The van der Waals surface area contributed by atoms with Gasteiger partial charge < -0.3 is 10.1 Å². The SMILES string of the molecule is COc1ccc(-c2csc(NC(=O)Cn3cnc4sccc4c3=O)n2)cc1F. The Bertz CT molecular complexity index is 1230. The van der Waals surface area contributed by atoms with Crippen LogP contribution in [0, 0.1) is 5.82 Å². The molecule has 0 aliphatic rings. The van der Waals surface area contributed by atoms with E-state index in [1.807, 2.05) is 0 Å². The molecule has 0 spiro atoms. The first-order chi connectivity index (χ1) is 13.5. The highest BCUT2D eigenvalue weighted by Gasteiger charge is 2.12. The van der Waals surface area contributed by atoms with E-state index < -0.39 is 11.7 Å². The third kappa shape index (κ3) is 3.51. The quantitative estimate of drug-likeness (QED) is 0.539. The summed E-state index contributed by atoms with van der Waals surface area (Å²) >= 11 is 2.58. The number of nitrogens with one attached hydrogen (secondary N) is 1. The molecule has 4 aromatic rings. The van der Waals surface area contributed by atoms with E-state index in [1.54, 1.807) is 22.9 Å². The van der Waals surface area contributed by atoms with Crippen LogP contribution in [0.4, 0.5) is 9.52 Å². The van der Waals surface area contributed by atoms with Gasteiger partial charge in [-0.15, -0.1) is 22.7 Å². The number of rotatable bonds is 5. The highest BCUT2D eigenvalue weighted by atomic mass is 32.1. The number of thiophene rings is 1. The van der Waals surface area contributed by atoms with Crippen molar-refractivity contribution in [3.8, 4) is 17.0 Å². The lowest BCUT2D eigenvalue weighted by Crippen LogP contribution is -2.27. The average Bonchev–Trinajstić information content (AvgIpc) is 3.34. The van der Waals surface area contributed by atoms with E-state index in [2.05, 4.69) is 15.3 Å². The summed E-state index contributed by atoms with van der Waals surface area (Å²) in [4.78, 5) is 33.7. The Balaban J connectivity index is 1.48. The number of hydrogen-bond donors (Lipinski definition) is 1. The molecule has 4 rings (SSSR count). The van der Waals surface area contributed by atoms with Gasteiger partial charge in [0.15, 0.2) is 16.7 Å². The molecule has 1 N–H and O–H groups in total. The number of hydrogen-bond acceptors (Lipinski definition) is 7. The molecular weight excluding hydrogens is 403 g/mol. The second-order valence-corrected chi connectivity index (χ2v) is 7.51. The van der Waals surface area contributed by atoms with Gasteiger partial charge in [-0.05, 0) is 29.6 Å².